The molecule has 2 heterocycles. The van der Waals surface area contributed by atoms with Crippen molar-refractivity contribution in [3.8, 4) is 17.3 Å². The molecule has 0 aliphatic carbocycles. The van der Waals surface area contributed by atoms with E-state index < -0.39 is 0 Å². The molecule has 0 saturated carbocycles. The average molecular weight is 416 g/mol. The Balaban J connectivity index is 1.38. The molecule has 0 spiro atoms. The number of aromatic nitrogens is 1. The normalized spacial score (nSPS) is 16.1. The summed E-state index contributed by atoms with van der Waals surface area (Å²) in [6, 6.07) is 22.7. The van der Waals surface area contributed by atoms with Crippen molar-refractivity contribution in [2.75, 3.05) is 19.6 Å². The minimum atomic E-state index is 0.118. The van der Waals surface area contributed by atoms with Crippen LogP contribution in [0.5, 0.6) is 0 Å². The second kappa shape index (κ2) is 9.71. The van der Waals surface area contributed by atoms with Gasteiger partial charge < -0.3 is 5.11 Å². The van der Waals surface area contributed by atoms with Gasteiger partial charge in [-0.1, -0.05) is 60.7 Å². The molecule has 0 unspecified atom stereocenters. The summed E-state index contributed by atoms with van der Waals surface area (Å²) >= 11 is 1.40. The van der Waals surface area contributed by atoms with E-state index in [0.29, 0.717) is 17.5 Å². The first-order valence-corrected chi connectivity index (χ1v) is 11.2. The molecule has 0 bridgehead atoms. The number of allylic oxidation sites excluding steroid dienone is 1. The lowest BCUT2D eigenvalue weighted by atomic mass is 9.90. The average Bonchev–Trinajstić information content (AvgIpc) is 3.27. The van der Waals surface area contributed by atoms with E-state index in [2.05, 4.69) is 46.3 Å². The van der Waals surface area contributed by atoms with Crippen LogP contribution in [0.4, 0.5) is 0 Å². The van der Waals surface area contributed by atoms with Gasteiger partial charge in [-0.2, -0.15) is 5.26 Å². The Labute approximate surface area is 181 Å². The lowest BCUT2D eigenvalue weighted by molar-refractivity contribution is 0.177. The quantitative estimate of drug-likeness (QED) is 0.423. The second-order valence-electron chi connectivity index (χ2n) is 7.75. The molecule has 3 aromatic rings. The SMILES string of the molecule is N#C/C(=C(/O)CN1CCC(Cc2ccccc2)CC1)c1nc(-c2ccccc2)cs1. The number of thiazole rings is 1. The highest BCUT2D eigenvalue weighted by Crippen LogP contribution is 2.28. The van der Waals surface area contributed by atoms with Crippen molar-refractivity contribution in [1.29, 1.82) is 5.26 Å². The molecule has 1 saturated heterocycles. The van der Waals surface area contributed by atoms with Crippen LogP contribution in [0, 0.1) is 17.2 Å². The zero-order valence-corrected chi connectivity index (χ0v) is 17.7. The third kappa shape index (κ3) is 4.96. The molecule has 0 radical (unpaired) electrons. The molecule has 1 N–H and O–H groups in total. The van der Waals surface area contributed by atoms with Gasteiger partial charge in [0.15, 0.2) is 0 Å². The number of nitriles is 1. The minimum absolute atomic E-state index is 0.118. The molecule has 5 heteroatoms. The number of nitrogens with zero attached hydrogens (tertiary/aromatic N) is 3. The van der Waals surface area contributed by atoms with Crippen LogP contribution in [0.25, 0.3) is 16.8 Å². The molecule has 1 aliphatic rings. The first-order valence-electron chi connectivity index (χ1n) is 10.3. The molecule has 152 valence electrons. The Kier molecular flexibility index (Phi) is 6.58. The van der Waals surface area contributed by atoms with Crippen LogP contribution in [0.15, 0.2) is 71.8 Å². The summed E-state index contributed by atoms with van der Waals surface area (Å²) < 4.78 is 0. The number of aliphatic hydroxyl groups excluding tert-OH is 1. The fourth-order valence-electron chi connectivity index (χ4n) is 3.95. The standard InChI is InChI=1S/C25H25N3OS/c26-16-22(25-27-23(18-30-25)21-9-5-2-6-10-21)24(29)17-28-13-11-20(12-14-28)15-19-7-3-1-4-8-19/h1-10,18,20,29H,11-15,17H2/b24-22-. The Hall–Kier alpha value is -2.94. The van der Waals surface area contributed by atoms with Crippen molar-refractivity contribution in [3.63, 3.8) is 0 Å². The van der Waals surface area contributed by atoms with Gasteiger partial charge in [-0.25, -0.2) is 4.98 Å². The molecule has 4 nitrogen and oxygen atoms in total. The van der Waals surface area contributed by atoms with E-state index in [1.165, 1.54) is 16.9 Å². The zero-order valence-electron chi connectivity index (χ0n) is 16.9. The van der Waals surface area contributed by atoms with Crippen molar-refractivity contribution in [2.24, 2.45) is 5.92 Å². The number of hydrogen-bond donors (Lipinski definition) is 1. The van der Waals surface area contributed by atoms with Gasteiger partial charge in [0.25, 0.3) is 0 Å². The zero-order chi connectivity index (χ0) is 20.8. The lowest BCUT2D eigenvalue weighted by Gasteiger charge is -2.31. The monoisotopic (exact) mass is 415 g/mol. The maximum atomic E-state index is 10.7. The summed E-state index contributed by atoms with van der Waals surface area (Å²) in [5.74, 6) is 0.797. The first-order chi connectivity index (χ1) is 14.7. The topological polar surface area (TPSA) is 60.1 Å². The predicted octanol–water partition coefficient (Wildman–Crippen LogP) is 5.56. The number of likely N-dealkylation sites (tertiary alicyclic amines) is 1. The molecular formula is C25H25N3OS. The number of aliphatic hydroxyl groups is 1. The maximum Gasteiger partial charge on any atom is 0.138 e. The van der Waals surface area contributed by atoms with Crippen LogP contribution in [0.1, 0.15) is 23.4 Å². The van der Waals surface area contributed by atoms with Gasteiger partial charge in [0.05, 0.1) is 12.2 Å². The Morgan fingerprint density at radius 1 is 1.07 bits per heavy atom. The fourth-order valence-corrected chi connectivity index (χ4v) is 4.80. The third-order valence-corrected chi connectivity index (χ3v) is 6.50. The summed E-state index contributed by atoms with van der Waals surface area (Å²) in [6.07, 6.45) is 3.33. The van der Waals surface area contributed by atoms with E-state index in [4.69, 9.17) is 0 Å². The fraction of sp³-hybridized carbons (Fsp3) is 0.280. The van der Waals surface area contributed by atoms with Gasteiger partial charge in [0.1, 0.15) is 22.4 Å². The van der Waals surface area contributed by atoms with Crippen molar-refractivity contribution in [2.45, 2.75) is 19.3 Å². The van der Waals surface area contributed by atoms with Crippen molar-refractivity contribution >= 4 is 16.9 Å². The second-order valence-corrected chi connectivity index (χ2v) is 8.60. The van der Waals surface area contributed by atoms with Gasteiger partial charge in [0, 0.05) is 10.9 Å². The van der Waals surface area contributed by atoms with Crippen LogP contribution >= 0.6 is 11.3 Å². The number of hydrogen-bond acceptors (Lipinski definition) is 5. The van der Waals surface area contributed by atoms with E-state index in [1.54, 1.807) is 0 Å². The maximum absolute atomic E-state index is 10.7. The molecule has 1 fully saturated rings. The van der Waals surface area contributed by atoms with E-state index in [0.717, 1.165) is 43.6 Å². The predicted molar refractivity (Wildman–Crippen MR) is 122 cm³/mol. The highest BCUT2D eigenvalue weighted by atomic mass is 32.1. The smallest absolute Gasteiger partial charge is 0.138 e. The molecule has 1 aliphatic heterocycles. The molecule has 0 atom stereocenters. The van der Waals surface area contributed by atoms with E-state index in [1.807, 2.05) is 35.7 Å². The van der Waals surface area contributed by atoms with Gasteiger partial charge in [0.2, 0.25) is 0 Å². The van der Waals surface area contributed by atoms with Gasteiger partial charge in [-0.05, 0) is 43.8 Å². The number of benzene rings is 2. The van der Waals surface area contributed by atoms with Crippen molar-refractivity contribution in [1.82, 2.24) is 9.88 Å². The number of piperidine rings is 1. The summed E-state index contributed by atoms with van der Waals surface area (Å²) in [5, 5.41) is 22.8. The Morgan fingerprint density at radius 3 is 2.40 bits per heavy atom. The minimum Gasteiger partial charge on any atom is -0.509 e. The van der Waals surface area contributed by atoms with Gasteiger partial charge in [-0.3, -0.25) is 4.90 Å². The number of rotatable bonds is 6. The van der Waals surface area contributed by atoms with Crippen LogP contribution in [0.3, 0.4) is 0 Å². The molecule has 30 heavy (non-hydrogen) atoms. The van der Waals surface area contributed by atoms with Gasteiger partial charge >= 0.3 is 0 Å². The third-order valence-electron chi connectivity index (χ3n) is 5.64. The van der Waals surface area contributed by atoms with Gasteiger partial charge in [-0.15, -0.1) is 11.3 Å². The largest absolute Gasteiger partial charge is 0.509 e. The molecular weight excluding hydrogens is 390 g/mol. The highest BCUT2D eigenvalue weighted by molar-refractivity contribution is 7.11. The van der Waals surface area contributed by atoms with Crippen molar-refractivity contribution < 1.29 is 5.11 Å². The molecule has 1 aromatic heterocycles. The van der Waals surface area contributed by atoms with Crippen LogP contribution in [-0.4, -0.2) is 34.6 Å². The summed E-state index contributed by atoms with van der Waals surface area (Å²) in [4.78, 5) is 6.82. The van der Waals surface area contributed by atoms with E-state index in [-0.39, 0.29) is 11.3 Å². The van der Waals surface area contributed by atoms with E-state index >= 15 is 0 Å². The highest BCUT2D eigenvalue weighted by Gasteiger charge is 2.22. The summed E-state index contributed by atoms with van der Waals surface area (Å²) in [6.45, 7) is 2.28. The summed E-state index contributed by atoms with van der Waals surface area (Å²) in [7, 11) is 0. The molecule has 4 rings (SSSR count). The Morgan fingerprint density at radius 2 is 1.73 bits per heavy atom. The Bertz CT molecular complexity index is 1030. The van der Waals surface area contributed by atoms with Crippen LogP contribution in [-0.2, 0) is 6.42 Å². The van der Waals surface area contributed by atoms with Crippen molar-refractivity contribution in [3.05, 3.63) is 82.4 Å². The van der Waals surface area contributed by atoms with E-state index in [9.17, 15) is 10.4 Å². The lowest BCUT2D eigenvalue weighted by Crippen LogP contribution is -2.35. The van der Waals surface area contributed by atoms with Crippen LogP contribution in [0.2, 0.25) is 0 Å². The summed E-state index contributed by atoms with van der Waals surface area (Å²) in [5.41, 5.74) is 3.52. The molecule has 0 amide bonds. The van der Waals surface area contributed by atoms with Crippen LogP contribution < -0.4 is 0 Å². The first kappa shape index (κ1) is 20.3. The molecule has 2 aromatic carbocycles.